The van der Waals surface area contributed by atoms with Crippen LogP contribution in [0.5, 0.6) is 11.5 Å². The standard InChI is InChI=1S/C22H23NO6S/c1-27-15-8-7-13(11-16(15)28-2)19-18(20(24)17-6-4-10-30-17)21(25)22(26)23(19)12-14-5-3-9-29-14/h4,6-8,10-11,14,19,25H,3,5,9,12H2,1-2H3/t14-,19-/m1/s1. The molecule has 1 N–H and O–H groups in total. The Morgan fingerprint density at radius 2 is 2.07 bits per heavy atom. The molecule has 2 atom stereocenters. The van der Waals surface area contributed by atoms with Crippen molar-refractivity contribution in [2.45, 2.75) is 25.0 Å². The van der Waals surface area contributed by atoms with Crippen LogP contribution in [0.25, 0.3) is 0 Å². The van der Waals surface area contributed by atoms with Gasteiger partial charge in [0.15, 0.2) is 17.3 Å². The summed E-state index contributed by atoms with van der Waals surface area (Å²) in [6.07, 6.45) is 1.63. The Bertz CT molecular complexity index is 978. The number of thiophene rings is 1. The number of carbonyl (C=O) groups is 2. The van der Waals surface area contributed by atoms with Crippen LogP contribution in [0.2, 0.25) is 0 Å². The zero-order chi connectivity index (χ0) is 21.3. The summed E-state index contributed by atoms with van der Waals surface area (Å²) in [4.78, 5) is 28.2. The Labute approximate surface area is 178 Å². The Balaban J connectivity index is 1.79. The van der Waals surface area contributed by atoms with Crippen LogP contribution in [0, 0.1) is 0 Å². The van der Waals surface area contributed by atoms with E-state index >= 15 is 0 Å². The monoisotopic (exact) mass is 429 g/mol. The topological polar surface area (TPSA) is 85.3 Å². The van der Waals surface area contributed by atoms with E-state index in [0.29, 0.717) is 35.1 Å². The second-order valence-electron chi connectivity index (χ2n) is 7.18. The Hall–Kier alpha value is -2.84. The van der Waals surface area contributed by atoms with E-state index in [1.54, 1.807) is 35.7 Å². The molecule has 0 spiro atoms. The van der Waals surface area contributed by atoms with Gasteiger partial charge >= 0.3 is 0 Å². The Morgan fingerprint density at radius 1 is 1.27 bits per heavy atom. The molecule has 1 fully saturated rings. The molecule has 1 saturated heterocycles. The SMILES string of the molecule is COc1ccc([C@@H]2C(C(=O)c3cccs3)=C(O)C(=O)N2C[C@H]2CCCO2)cc1OC. The van der Waals surface area contributed by atoms with E-state index in [4.69, 9.17) is 14.2 Å². The van der Waals surface area contributed by atoms with Gasteiger partial charge in [-0.2, -0.15) is 0 Å². The number of rotatable bonds is 7. The van der Waals surface area contributed by atoms with E-state index in [9.17, 15) is 14.7 Å². The van der Waals surface area contributed by atoms with Gasteiger partial charge in [-0.3, -0.25) is 9.59 Å². The van der Waals surface area contributed by atoms with Crippen molar-refractivity contribution in [3.63, 3.8) is 0 Å². The van der Waals surface area contributed by atoms with Gasteiger partial charge in [0, 0.05) is 13.2 Å². The molecule has 1 amide bonds. The molecule has 30 heavy (non-hydrogen) atoms. The first kappa shape index (κ1) is 20.4. The number of benzene rings is 1. The maximum absolute atomic E-state index is 13.2. The number of hydrogen-bond acceptors (Lipinski definition) is 7. The maximum atomic E-state index is 13.2. The number of methoxy groups -OCH3 is 2. The maximum Gasteiger partial charge on any atom is 0.290 e. The second-order valence-corrected chi connectivity index (χ2v) is 8.13. The highest BCUT2D eigenvalue weighted by molar-refractivity contribution is 7.12. The normalized spacial score (nSPS) is 21.4. The fraction of sp³-hybridized carbons (Fsp3) is 0.364. The summed E-state index contributed by atoms with van der Waals surface area (Å²) in [7, 11) is 3.06. The lowest BCUT2D eigenvalue weighted by atomic mass is 9.95. The number of Topliss-reactive ketones (excluding diaryl/α,β-unsaturated/α-hetero) is 1. The zero-order valence-corrected chi connectivity index (χ0v) is 17.6. The molecule has 2 aliphatic rings. The van der Waals surface area contributed by atoms with Crippen molar-refractivity contribution in [2.24, 2.45) is 0 Å². The van der Waals surface area contributed by atoms with Gasteiger partial charge in [0.05, 0.1) is 36.8 Å². The van der Waals surface area contributed by atoms with Gasteiger partial charge < -0.3 is 24.2 Å². The molecule has 0 saturated carbocycles. The molecule has 3 heterocycles. The van der Waals surface area contributed by atoms with E-state index in [1.807, 2.05) is 0 Å². The molecule has 1 aromatic heterocycles. The molecular formula is C22H23NO6S. The van der Waals surface area contributed by atoms with Gasteiger partial charge in [-0.05, 0) is 42.0 Å². The molecule has 0 radical (unpaired) electrons. The van der Waals surface area contributed by atoms with Crippen molar-refractivity contribution in [1.82, 2.24) is 4.90 Å². The molecule has 1 aromatic carbocycles. The van der Waals surface area contributed by atoms with Crippen molar-refractivity contribution >= 4 is 23.0 Å². The quantitative estimate of drug-likeness (QED) is 0.678. The van der Waals surface area contributed by atoms with Gasteiger partial charge in [-0.1, -0.05) is 12.1 Å². The third-order valence-corrected chi connectivity index (χ3v) is 6.31. The highest BCUT2D eigenvalue weighted by Crippen LogP contribution is 2.42. The molecule has 2 aromatic rings. The lowest BCUT2D eigenvalue weighted by molar-refractivity contribution is -0.131. The van der Waals surface area contributed by atoms with Gasteiger partial charge in [0.25, 0.3) is 5.91 Å². The molecule has 158 valence electrons. The lowest BCUT2D eigenvalue weighted by Gasteiger charge is -2.29. The molecule has 4 rings (SSSR count). The van der Waals surface area contributed by atoms with Crippen LogP contribution in [-0.2, 0) is 9.53 Å². The number of amides is 1. The smallest absolute Gasteiger partial charge is 0.290 e. The number of aliphatic hydroxyl groups is 1. The minimum Gasteiger partial charge on any atom is -0.503 e. The van der Waals surface area contributed by atoms with Gasteiger partial charge in [-0.25, -0.2) is 0 Å². The fourth-order valence-corrected chi connectivity index (χ4v) is 4.67. The van der Waals surface area contributed by atoms with Crippen LogP contribution in [-0.4, -0.2) is 55.2 Å². The summed E-state index contributed by atoms with van der Waals surface area (Å²) in [5.41, 5.74) is 0.732. The number of ketones is 1. The predicted octanol–water partition coefficient (Wildman–Crippen LogP) is 3.52. The van der Waals surface area contributed by atoms with E-state index in [2.05, 4.69) is 0 Å². The van der Waals surface area contributed by atoms with Gasteiger partial charge in [0.1, 0.15) is 0 Å². The molecule has 0 aliphatic carbocycles. The van der Waals surface area contributed by atoms with Crippen molar-refractivity contribution in [3.8, 4) is 11.5 Å². The van der Waals surface area contributed by atoms with Gasteiger partial charge in [-0.15, -0.1) is 11.3 Å². The van der Waals surface area contributed by atoms with E-state index in [0.717, 1.165) is 12.8 Å². The third-order valence-electron chi connectivity index (χ3n) is 5.44. The largest absolute Gasteiger partial charge is 0.503 e. The Morgan fingerprint density at radius 3 is 2.70 bits per heavy atom. The number of carbonyl (C=O) groups excluding carboxylic acids is 2. The summed E-state index contributed by atoms with van der Waals surface area (Å²) in [6, 6.07) is 7.96. The molecule has 0 bridgehead atoms. The molecular weight excluding hydrogens is 406 g/mol. The predicted molar refractivity (Wildman–Crippen MR) is 111 cm³/mol. The lowest BCUT2D eigenvalue weighted by Crippen LogP contribution is -2.37. The molecule has 8 heteroatoms. The number of ether oxygens (including phenoxy) is 3. The summed E-state index contributed by atoms with van der Waals surface area (Å²) in [5, 5.41) is 12.5. The Kier molecular flexibility index (Phi) is 5.78. The van der Waals surface area contributed by atoms with Crippen LogP contribution in [0.3, 0.4) is 0 Å². The number of aliphatic hydroxyl groups excluding tert-OH is 1. The minimum absolute atomic E-state index is 0.0765. The molecule has 7 nitrogen and oxygen atoms in total. The van der Waals surface area contributed by atoms with Crippen LogP contribution in [0.1, 0.15) is 34.1 Å². The van der Waals surface area contributed by atoms with E-state index in [1.165, 1.54) is 30.5 Å². The summed E-state index contributed by atoms with van der Waals surface area (Å²) < 4.78 is 16.4. The van der Waals surface area contributed by atoms with Crippen LogP contribution in [0.15, 0.2) is 47.0 Å². The average molecular weight is 429 g/mol. The highest BCUT2D eigenvalue weighted by atomic mass is 32.1. The first-order chi connectivity index (χ1) is 14.5. The third kappa shape index (κ3) is 3.57. The van der Waals surface area contributed by atoms with E-state index in [-0.39, 0.29) is 17.5 Å². The zero-order valence-electron chi connectivity index (χ0n) is 16.8. The summed E-state index contributed by atoms with van der Waals surface area (Å²) >= 11 is 1.27. The first-order valence-electron chi connectivity index (χ1n) is 9.71. The van der Waals surface area contributed by atoms with Gasteiger partial charge in [0.2, 0.25) is 5.78 Å². The first-order valence-corrected chi connectivity index (χ1v) is 10.6. The number of nitrogens with zero attached hydrogens (tertiary/aromatic N) is 1. The van der Waals surface area contributed by atoms with Crippen molar-refractivity contribution < 1.29 is 28.9 Å². The van der Waals surface area contributed by atoms with Crippen molar-refractivity contribution in [3.05, 3.63) is 57.5 Å². The fourth-order valence-electron chi connectivity index (χ4n) is 3.99. The van der Waals surface area contributed by atoms with Crippen molar-refractivity contribution in [1.29, 1.82) is 0 Å². The highest BCUT2D eigenvalue weighted by Gasteiger charge is 2.45. The second kappa shape index (κ2) is 8.49. The van der Waals surface area contributed by atoms with Crippen LogP contribution >= 0.6 is 11.3 Å². The molecule has 2 aliphatic heterocycles. The molecule has 0 unspecified atom stereocenters. The van der Waals surface area contributed by atoms with Crippen LogP contribution in [0.4, 0.5) is 0 Å². The summed E-state index contributed by atoms with van der Waals surface area (Å²) in [5.74, 6) is -0.411. The van der Waals surface area contributed by atoms with Crippen molar-refractivity contribution in [2.75, 3.05) is 27.4 Å². The van der Waals surface area contributed by atoms with E-state index < -0.39 is 17.7 Å². The van der Waals surface area contributed by atoms with Crippen LogP contribution < -0.4 is 9.47 Å². The number of hydrogen-bond donors (Lipinski definition) is 1. The average Bonchev–Trinajstić information content (AvgIpc) is 3.52. The summed E-state index contributed by atoms with van der Waals surface area (Å²) in [6.45, 7) is 0.942. The minimum atomic E-state index is -0.740.